The van der Waals surface area contributed by atoms with E-state index in [0.29, 0.717) is 24.4 Å². The van der Waals surface area contributed by atoms with Crippen molar-refractivity contribution in [2.24, 2.45) is 0 Å². The van der Waals surface area contributed by atoms with E-state index in [4.69, 9.17) is 4.74 Å². The van der Waals surface area contributed by atoms with Crippen molar-refractivity contribution >= 4 is 17.5 Å². The molecule has 1 aliphatic heterocycles. The number of rotatable bonds is 6. The van der Waals surface area contributed by atoms with Gasteiger partial charge in [0.15, 0.2) is 0 Å². The minimum Gasteiger partial charge on any atom is -0.457 e. The van der Waals surface area contributed by atoms with Crippen LogP contribution in [0.15, 0.2) is 66.7 Å². The first kappa shape index (κ1) is 18.8. The lowest BCUT2D eigenvalue weighted by Crippen LogP contribution is -2.30. The Bertz CT molecular complexity index is 976. The summed E-state index contributed by atoms with van der Waals surface area (Å²) in [5.41, 5.74) is 2.91. The fourth-order valence-electron chi connectivity index (χ4n) is 3.25. The standard InChI is InChI=1S/C23H24N4O2/c28-23(25-15-13-18-12-11-17-6-5-14-24-22(17)26-18)27-19-7-4-10-21(16-19)29-20-8-2-1-3-9-20/h1-4,7-12,16H,5-6,13-15H2,(H,24,26)(H2,25,27,28). The molecule has 0 saturated heterocycles. The molecule has 1 aromatic heterocycles. The first-order valence-electron chi connectivity index (χ1n) is 9.87. The maximum atomic E-state index is 12.2. The van der Waals surface area contributed by atoms with E-state index in [0.717, 1.165) is 36.6 Å². The van der Waals surface area contributed by atoms with Gasteiger partial charge < -0.3 is 20.7 Å². The van der Waals surface area contributed by atoms with Crippen molar-refractivity contribution in [1.82, 2.24) is 10.3 Å². The highest BCUT2D eigenvalue weighted by atomic mass is 16.5. The lowest BCUT2D eigenvalue weighted by atomic mass is 10.1. The molecule has 6 heteroatoms. The quantitative estimate of drug-likeness (QED) is 0.577. The van der Waals surface area contributed by atoms with E-state index in [2.05, 4.69) is 27.0 Å². The van der Waals surface area contributed by atoms with Gasteiger partial charge in [-0.15, -0.1) is 0 Å². The van der Waals surface area contributed by atoms with Gasteiger partial charge in [0.2, 0.25) is 0 Å². The Balaban J connectivity index is 1.27. The number of hydrogen-bond donors (Lipinski definition) is 3. The molecule has 6 nitrogen and oxygen atoms in total. The number of aryl methyl sites for hydroxylation is 1. The van der Waals surface area contributed by atoms with Gasteiger partial charge in [0.1, 0.15) is 17.3 Å². The molecule has 3 aromatic rings. The number of para-hydroxylation sites is 1. The van der Waals surface area contributed by atoms with Crippen molar-refractivity contribution in [3.63, 3.8) is 0 Å². The Hall–Kier alpha value is -3.54. The second kappa shape index (κ2) is 9.10. The molecule has 0 atom stereocenters. The minimum atomic E-state index is -0.252. The number of carbonyl (C=O) groups is 1. The highest BCUT2D eigenvalue weighted by Crippen LogP contribution is 2.24. The largest absolute Gasteiger partial charge is 0.457 e. The number of ether oxygens (including phenoxy) is 1. The van der Waals surface area contributed by atoms with Crippen LogP contribution in [0.2, 0.25) is 0 Å². The van der Waals surface area contributed by atoms with Crippen LogP contribution < -0.4 is 20.7 Å². The van der Waals surface area contributed by atoms with Gasteiger partial charge in [-0.1, -0.05) is 30.3 Å². The third kappa shape index (κ3) is 5.25. The Morgan fingerprint density at radius 1 is 1.03 bits per heavy atom. The average Bonchev–Trinajstić information content (AvgIpc) is 2.75. The van der Waals surface area contributed by atoms with Crippen LogP contribution in [0.25, 0.3) is 0 Å². The maximum absolute atomic E-state index is 12.2. The average molecular weight is 388 g/mol. The normalized spacial score (nSPS) is 12.4. The molecule has 2 amide bonds. The van der Waals surface area contributed by atoms with Gasteiger partial charge >= 0.3 is 6.03 Å². The molecule has 3 N–H and O–H groups in total. The van der Waals surface area contributed by atoms with Crippen LogP contribution >= 0.6 is 0 Å². The van der Waals surface area contributed by atoms with Crippen LogP contribution in [0, 0.1) is 0 Å². The van der Waals surface area contributed by atoms with E-state index in [-0.39, 0.29) is 6.03 Å². The Morgan fingerprint density at radius 2 is 1.90 bits per heavy atom. The van der Waals surface area contributed by atoms with E-state index in [1.54, 1.807) is 6.07 Å². The van der Waals surface area contributed by atoms with E-state index in [1.807, 2.05) is 54.6 Å². The zero-order valence-electron chi connectivity index (χ0n) is 16.2. The molecule has 2 aromatic carbocycles. The Kier molecular flexibility index (Phi) is 5.90. The number of nitrogens with one attached hydrogen (secondary N) is 3. The molecular formula is C23H24N4O2. The number of aromatic nitrogens is 1. The molecule has 0 aliphatic carbocycles. The van der Waals surface area contributed by atoms with Gasteiger partial charge in [-0.25, -0.2) is 9.78 Å². The van der Waals surface area contributed by atoms with Crippen LogP contribution in [-0.4, -0.2) is 24.1 Å². The van der Waals surface area contributed by atoms with Crippen molar-refractivity contribution in [1.29, 1.82) is 0 Å². The summed E-state index contributed by atoms with van der Waals surface area (Å²) in [7, 11) is 0. The molecule has 148 valence electrons. The van der Waals surface area contributed by atoms with E-state index >= 15 is 0 Å². The fraction of sp³-hybridized carbons (Fsp3) is 0.217. The van der Waals surface area contributed by atoms with Gasteiger partial charge in [0.25, 0.3) is 0 Å². The van der Waals surface area contributed by atoms with Crippen LogP contribution in [0.3, 0.4) is 0 Å². The SMILES string of the molecule is O=C(NCCc1ccc2c(n1)NCCC2)Nc1cccc(Oc2ccccc2)c1. The summed E-state index contributed by atoms with van der Waals surface area (Å²) in [4.78, 5) is 16.9. The van der Waals surface area contributed by atoms with Crippen molar-refractivity contribution in [2.45, 2.75) is 19.3 Å². The van der Waals surface area contributed by atoms with Gasteiger partial charge in [-0.2, -0.15) is 0 Å². The number of amides is 2. The summed E-state index contributed by atoms with van der Waals surface area (Å²) in [6, 6.07) is 20.8. The summed E-state index contributed by atoms with van der Waals surface area (Å²) >= 11 is 0. The van der Waals surface area contributed by atoms with Crippen molar-refractivity contribution < 1.29 is 9.53 Å². The van der Waals surface area contributed by atoms with E-state index in [9.17, 15) is 4.79 Å². The molecule has 0 saturated carbocycles. The summed E-state index contributed by atoms with van der Waals surface area (Å²) in [6.45, 7) is 1.48. The third-order valence-corrected chi connectivity index (χ3v) is 4.69. The fourth-order valence-corrected chi connectivity index (χ4v) is 3.25. The number of hydrogen-bond acceptors (Lipinski definition) is 4. The molecule has 0 fully saturated rings. The molecule has 0 unspecified atom stereocenters. The highest BCUT2D eigenvalue weighted by molar-refractivity contribution is 5.89. The molecule has 1 aliphatic rings. The molecule has 2 heterocycles. The monoisotopic (exact) mass is 388 g/mol. The number of anilines is 2. The Labute approximate surface area is 170 Å². The molecule has 0 bridgehead atoms. The number of pyridine rings is 1. The van der Waals surface area contributed by atoms with Crippen molar-refractivity contribution in [2.75, 3.05) is 23.7 Å². The lowest BCUT2D eigenvalue weighted by molar-refractivity contribution is 0.252. The summed E-state index contributed by atoms with van der Waals surface area (Å²) in [5, 5.41) is 9.05. The van der Waals surface area contributed by atoms with E-state index < -0.39 is 0 Å². The number of fused-ring (bicyclic) bond motifs is 1. The molecule has 29 heavy (non-hydrogen) atoms. The second-order valence-electron chi connectivity index (χ2n) is 6.91. The molecular weight excluding hydrogens is 364 g/mol. The van der Waals surface area contributed by atoms with Crippen LogP contribution in [0.1, 0.15) is 17.7 Å². The van der Waals surface area contributed by atoms with Crippen molar-refractivity contribution in [3.8, 4) is 11.5 Å². The number of nitrogens with zero attached hydrogens (tertiary/aromatic N) is 1. The predicted molar refractivity (Wildman–Crippen MR) is 115 cm³/mol. The minimum absolute atomic E-state index is 0.252. The molecule has 4 rings (SSSR count). The topological polar surface area (TPSA) is 75.3 Å². The zero-order chi connectivity index (χ0) is 19.9. The number of benzene rings is 2. The lowest BCUT2D eigenvalue weighted by Gasteiger charge is -2.17. The first-order valence-corrected chi connectivity index (χ1v) is 9.87. The highest BCUT2D eigenvalue weighted by Gasteiger charge is 2.10. The molecule has 0 radical (unpaired) electrons. The van der Waals surface area contributed by atoms with Crippen LogP contribution in [0.5, 0.6) is 11.5 Å². The summed E-state index contributed by atoms with van der Waals surface area (Å²) < 4.78 is 5.80. The second-order valence-corrected chi connectivity index (χ2v) is 6.91. The maximum Gasteiger partial charge on any atom is 0.319 e. The predicted octanol–water partition coefficient (Wildman–Crippen LogP) is 4.60. The number of carbonyl (C=O) groups excluding carboxylic acids is 1. The van der Waals surface area contributed by atoms with Gasteiger partial charge in [0.05, 0.1) is 0 Å². The molecule has 0 spiro atoms. The number of urea groups is 1. The van der Waals surface area contributed by atoms with Crippen molar-refractivity contribution in [3.05, 3.63) is 78.0 Å². The zero-order valence-corrected chi connectivity index (χ0v) is 16.2. The van der Waals surface area contributed by atoms with E-state index in [1.165, 1.54) is 5.56 Å². The van der Waals surface area contributed by atoms with Gasteiger partial charge in [-0.05, 0) is 48.7 Å². The summed E-state index contributed by atoms with van der Waals surface area (Å²) in [5.74, 6) is 2.40. The van der Waals surface area contributed by atoms with Crippen LogP contribution in [0.4, 0.5) is 16.3 Å². The first-order chi connectivity index (χ1) is 14.3. The third-order valence-electron chi connectivity index (χ3n) is 4.69. The van der Waals surface area contributed by atoms with Gasteiger partial charge in [0, 0.05) is 37.0 Å². The smallest absolute Gasteiger partial charge is 0.319 e. The van der Waals surface area contributed by atoms with Gasteiger partial charge in [-0.3, -0.25) is 0 Å². The van der Waals surface area contributed by atoms with Crippen LogP contribution in [-0.2, 0) is 12.8 Å². The summed E-state index contributed by atoms with van der Waals surface area (Å²) in [6.07, 6.45) is 2.90. The Morgan fingerprint density at radius 3 is 2.79 bits per heavy atom.